The number of benzene rings is 2. The van der Waals surface area contributed by atoms with E-state index in [4.69, 9.17) is 0 Å². The van der Waals surface area contributed by atoms with E-state index in [9.17, 15) is 5.11 Å². The fraction of sp³-hybridized carbons (Fsp3) is 0.320. The Balaban J connectivity index is 2.10. The molecule has 1 aromatic heterocycles. The number of aromatic nitrogens is 2. The molecule has 2 aromatic carbocycles. The van der Waals surface area contributed by atoms with Gasteiger partial charge in [0.25, 0.3) is 0 Å². The molecule has 0 saturated heterocycles. The largest absolute Gasteiger partial charge is 0.384 e. The van der Waals surface area contributed by atoms with Gasteiger partial charge in [-0.3, -0.25) is 0 Å². The van der Waals surface area contributed by atoms with Gasteiger partial charge in [-0.25, -0.2) is 9.07 Å². The van der Waals surface area contributed by atoms with Crippen molar-refractivity contribution in [2.24, 2.45) is 0 Å². The van der Waals surface area contributed by atoms with E-state index >= 15 is 4.39 Å². The quantitative estimate of drug-likeness (QED) is 0.384. The minimum atomic E-state index is -1.39. The number of allylic oxidation sites excluding steroid dienone is 1. The van der Waals surface area contributed by atoms with E-state index in [1.54, 1.807) is 42.1 Å². The number of hydrogen-bond donors (Lipinski definition) is 1. The average molecular weight is 457 g/mol. The second kappa shape index (κ2) is 9.63. The second-order valence-electron chi connectivity index (χ2n) is 7.96. The summed E-state index contributed by atoms with van der Waals surface area (Å²) in [5.41, 5.74) is 1.99. The highest BCUT2D eigenvalue weighted by Crippen LogP contribution is 2.43. The van der Waals surface area contributed by atoms with E-state index in [0.29, 0.717) is 5.69 Å². The molecule has 0 aliphatic heterocycles. The molecule has 0 spiro atoms. The molecule has 3 aromatic rings. The Morgan fingerprint density at radius 1 is 1.19 bits per heavy atom. The molecule has 0 aliphatic carbocycles. The summed E-state index contributed by atoms with van der Waals surface area (Å²) in [4.78, 5) is 1.98. The SMILES string of the molecule is C/C=C(\SC(C)c1cccc(SC)c1)c1c(F)c(C(C)(C)O)nn1-c1ccccc1C. The van der Waals surface area contributed by atoms with Crippen LogP contribution in [0.25, 0.3) is 10.6 Å². The molecule has 3 rings (SSSR count). The van der Waals surface area contributed by atoms with E-state index in [0.717, 1.165) is 16.2 Å². The van der Waals surface area contributed by atoms with Crippen LogP contribution in [-0.4, -0.2) is 21.1 Å². The lowest BCUT2D eigenvalue weighted by atomic mass is 10.0. The smallest absolute Gasteiger partial charge is 0.176 e. The lowest BCUT2D eigenvalue weighted by Gasteiger charge is -2.17. The maximum atomic E-state index is 15.7. The lowest BCUT2D eigenvalue weighted by Crippen LogP contribution is -2.18. The van der Waals surface area contributed by atoms with Gasteiger partial charge in [0.1, 0.15) is 17.0 Å². The van der Waals surface area contributed by atoms with Crippen LogP contribution in [0, 0.1) is 12.7 Å². The molecule has 0 bridgehead atoms. The van der Waals surface area contributed by atoms with E-state index in [1.165, 1.54) is 10.5 Å². The van der Waals surface area contributed by atoms with Gasteiger partial charge in [0, 0.05) is 15.1 Å². The van der Waals surface area contributed by atoms with Crippen molar-refractivity contribution in [1.82, 2.24) is 9.78 Å². The Labute approximate surface area is 192 Å². The van der Waals surface area contributed by atoms with Crippen molar-refractivity contribution in [2.75, 3.05) is 6.26 Å². The van der Waals surface area contributed by atoms with Crippen LogP contribution in [0.5, 0.6) is 0 Å². The van der Waals surface area contributed by atoms with Crippen LogP contribution >= 0.6 is 23.5 Å². The molecule has 0 amide bonds. The first-order valence-electron chi connectivity index (χ1n) is 10.2. The zero-order chi connectivity index (χ0) is 22.8. The predicted molar refractivity (Wildman–Crippen MR) is 131 cm³/mol. The van der Waals surface area contributed by atoms with Gasteiger partial charge in [0.2, 0.25) is 0 Å². The van der Waals surface area contributed by atoms with E-state index in [2.05, 4.69) is 42.5 Å². The number of para-hydroxylation sites is 1. The summed E-state index contributed by atoms with van der Waals surface area (Å²) in [5, 5.41) is 15.2. The maximum Gasteiger partial charge on any atom is 0.176 e. The number of rotatable bonds is 7. The minimum absolute atomic E-state index is 0.0442. The second-order valence-corrected chi connectivity index (χ2v) is 10.2. The summed E-state index contributed by atoms with van der Waals surface area (Å²) in [7, 11) is 0. The highest BCUT2D eigenvalue weighted by Gasteiger charge is 2.31. The van der Waals surface area contributed by atoms with Crippen molar-refractivity contribution < 1.29 is 9.50 Å². The fourth-order valence-electron chi connectivity index (χ4n) is 3.39. The van der Waals surface area contributed by atoms with Crippen molar-refractivity contribution in [3.63, 3.8) is 0 Å². The third-order valence-corrected chi connectivity index (χ3v) is 7.15. The molecule has 0 radical (unpaired) electrons. The molecule has 1 N–H and O–H groups in total. The summed E-state index contributed by atoms with van der Waals surface area (Å²) >= 11 is 3.30. The molecule has 0 saturated carbocycles. The summed E-state index contributed by atoms with van der Waals surface area (Å²) in [6.45, 7) is 9.12. The molecule has 1 atom stereocenters. The summed E-state index contributed by atoms with van der Waals surface area (Å²) in [6, 6.07) is 16.2. The topological polar surface area (TPSA) is 38.1 Å². The van der Waals surface area contributed by atoms with Crippen LogP contribution in [-0.2, 0) is 5.60 Å². The summed E-state index contributed by atoms with van der Waals surface area (Å²) in [6.07, 6.45) is 3.98. The molecule has 0 fully saturated rings. The van der Waals surface area contributed by atoms with Gasteiger partial charge >= 0.3 is 0 Å². The van der Waals surface area contributed by atoms with E-state index in [-0.39, 0.29) is 10.9 Å². The number of halogens is 1. The first-order valence-corrected chi connectivity index (χ1v) is 12.3. The highest BCUT2D eigenvalue weighted by atomic mass is 32.2. The van der Waals surface area contributed by atoms with Crippen LogP contribution in [0.2, 0.25) is 0 Å². The van der Waals surface area contributed by atoms with Crippen molar-refractivity contribution in [3.05, 3.63) is 82.9 Å². The molecule has 164 valence electrons. The van der Waals surface area contributed by atoms with Gasteiger partial charge in [0.05, 0.1) is 5.69 Å². The predicted octanol–water partition coefficient (Wildman–Crippen LogP) is 7.12. The normalized spacial score (nSPS) is 13.5. The molecule has 1 unspecified atom stereocenters. The number of hydrogen-bond acceptors (Lipinski definition) is 4. The average Bonchev–Trinajstić information content (AvgIpc) is 3.09. The molecular weight excluding hydrogens is 427 g/mol. The number of thioether (sulfide) groups is 2. The minimum Gasteiger partial charge on any atom is -0.384 e. The van der Waals surface area contributed by atoms with Crippen molar-refractivity contribution >= 4 is 28.4 Å². The summed E-state index contributed by atoms with van der Waals surface area (Å²) in [5.74, 6) is -0.485. The van der Waals surface area contributed by atoms with Crippen LogP contribution in [0.3, 0.4) is 0 Å². The molecule has 31 heavy (non-hydrogen) atoms. The molecule has 1 heterocycles. The Morgan fingerprint density at radius 2 is 1.90 bits per heavy atom. The Bertz CT molecular complexity index is 1100. The first kappa shape index (κ1) is 23.6. The zero-order valence-electron chi connectivity index (χ0n) is 18.8. The third-order valence-electron chi connectivity index (χ3n) is 5.11. The Kier molecular flexibility index (Phi) is 7.35. The van der Waals surface area contributed by atoms with Crippen LogP contribution in [0.1, 0.15) is 55.5 Å². The van der Waals surface area contributed by atoms with E-state index < -0.39 is 11.4 Å². The standard InChI is InChI=1S/C25H29FN2OS2/c1-7-21(31-17(3)18-12-10-13-19(15-18)30-6)23-22(26)24(25(4,5)29)27-28(23)20-14-9-8-11-16(20)2/h7-15,17,29H,1-6H3/b21-7-. The van der Waals surface area contributed by atoms with E-state index in [1.807, 2.05) is 44.2 Å². The number of aryl methyl sites for hydroxylation is 1. The Hall–Kier alpha value is -2.02. The van der Waals surface area contributed by atoms with Gasteiger partial charge < -0.3 is 5.11 Å². The molecular formula is C25H29FN2OS2. The molecule has 0 aliphatic rings. The van der Waals surface area contributed by atoms with Crippen molar-refractivity contribution in [2.45, 2.75) is 50.4 Å². The van der Waals surface area contributed by atoms with Gasteiger partial charge in [-0.2, -0.15) is 5.10 Å². The van der Waals surface area contributed by atoms with Gasteiger partial charge in [-0.1, -0.05) is 36.4 Å². The Morgan fingerprint density at radius 3 is 2.52 bits per heavy atom. The van der Waals surface area contributed by atoms with Crippen molar-refractivity contribution in [1.29, 1.82) is 0 Å². The zero-order valence-corrected chi connectivity index (χ0v) is 20.4. The van der Waals surface area contributed by atoms with Gasteiger partial charge in [0.15, 0.2) is 5.82 Å². The number of nitrogens with zero attached hydrogens (tertiary/aromatic N) is 2. The first-order chi connectivity index (χ1) is 14.7. The highest BCUT2D eigenvalue weighted by molar-refractivity contribution is 8.08. The lowest BCUT2D eigenvalue weighted by molar-refractivity contribution is 0.0695. The maximum absolute atomic E-state index is 15.7. The molecule has 3 nitrogen and oxygen atoms in total. The molecule has 6 heteroatoms. The van der Waals surface area contributed by atoms with Crippen molar-refractivity contribution in [3.8, 4) is 5.69 Å². The number of aliphatic hydroxyl groups is 1. The van der Waals surface area contributed by atoms with Crippen LogP contribution in [0.15, 0.2) is 59.5 Å². The monoisotopic (exact) mass is 456 g/mol. The fourth-order valence-corrected chi connectivity index (χ4v) is 4.95. The third kappa shape index (κ3) is 5.08. The van der Waals surface area contributed by atoms with Gasteiger partial charge in [-0.05, 0) is 70.2 Å². The summed E-state index contributed by atoms with van der Waals surface area (Å²) < 4.78 is 17.3. The van der Waals surface area contributed by atoms with Crippen LogP contribution in [0.4, 0.5) is 4.39 Å². The van der Waals surface area contributed by atoms with Gasteiger partial charge in [-0.15, -0.1) is 23.5 Å². The van der Waals surface area contributed by atoms with Crippen LogP contribution < -0.4 is 0 Å².